The molecule has 0 saturated heterocycles. The van der Waals surface area contributed by atoms with Gasteiger partial charge < -0.3 is 0 Å². The quantitative estimate of drug-likeness (QED) is 0.753. The van der Waals surface area contributed by atoms with Gasteiger partial charge in [0.15, 0.2) is 0 Å². The maximum atomic E-state index is 11.7. The molecule has 0 N–H and O–H groups in total. The molecule has 0 saturated carbocycles. The van der Waals surface area contributed by atoms with Crippen molar-refractivity contribution in [3.8, 4) is 0 Å². The van der Waals surface area contributed by atoms with Gasteiger partial charge in [-0.25, -0.2) is 0 Å². The molecule has 4 heteroatoms. The molecule has 1 aliphatic heterocycles. The van der Waals surface area contributed by atoms with Crippen LogP contribution in [0.2, 0.25) is 0 Å². The molecule has 0 aromatic carbocycles. The molecule has 0 atom stereocenters. The van der Waals surface area contributed by atoms with Gasteiger partial charge in [-0.3, -0.25) is 14.5 Å². The molecule has 3 nitrogen and oxygen atoms in total. The van der Waals surface area contributed by atoms with Crippen LogP contribution in [0.3, 0.4) is 0 Å². The first-order chi connectivity index (χ1) is 7.63. The number of aryl methyl sites for hydroxylation is 1. The van der Waals surface area contributed by atoms with Crippen LogP contribution in [0.25, 0.3) is 0 Å². The Balaban J connectivity index is 2.18. The molecule has 0 fully saturated rings. The van der Waals surface area contributed by atoms with Gasteiger partial charge >= 0.3 is 0 Å². The number of rotatable bonds is 3. The summed E-state index contributed by atoms with van der Waals surface area (Å²) >= 11 is 1.60. The van der Waals surface area contributed by atoms with Crippen LogP contribution in [0.1, 0.15) is 24.3 Å². The summed E-state index contributed by atoms with van der Waals surface area (Å²) in [5.74, 6) is -0.363. The fraction of sp³-hybridized carbons (Fsp3) is 0.333. The van der Waals surface area contributed by atoms with E-state index in [1.54, 1.807) is 18.3 Å². The number of carbonyl (C=O) groups is 2. The molecule has 2 rings (SSSR count). The van der Waals surface area contributed by atoms with Gasteiger partial charge in [-0.1, -0.05) is 6.92 Å². The summed E-state index contributed by atoms with van der Waals surface area (Å²) in [5.41, 5.74) is 1.75. The monoisotopic (exact) mass is 235 g/mol. The molecule has 0 spiro atoms. The minimum absolute atomic E-state index is 0.166. The largest absolute Gasteiger partial charge is 0.270 e. The van der Waals surface area contributed by atoms with Crippen LogP contribution < -0.4 is 0 Å². The number of carbonyl (C=O) groups excluding carboxylic acids is 2. The first-order valence-electron chi connectivity index (χ1n) is 5.23. The number of hydrogen-bond acceptors (Lipinski definition) is 3. The van der Waals surface area contributed by atoms with E-state index in [0.29, 0.717) is 12.1 Å². The van der Waals surface area contributed by atoms with E-state index in [9.17, 15) is 9.59 Å². The smallest absolute Gasteiger partial charge is 0.256 e. The van der Waals surface area contributed by atoms with Crippen LogP contribution in [0.5, 0.6) is 0 Å². The predicted octanol–water partition coefficient (Wildman–Crippen LogP) is 2.13. The number of thiophene rings is 1. The van der Waals surface area contributed by atoms with Gasteiger partial charge in [-0.15, -0.1) is 11.3 Å². The zero-order chi connectivity index (χ0) is 11.7. The van der Waals surface area contributed by atoms with Crippen molar-refractivity contribution >= 4 is 23.2 Å². The first-order valence-corrected chi connectivity index (χ1v) is 6.10. The van der Waals surface area contributed by atoms with E-state index in [-0.39, 0.29) is 11.8 Å². The Morgan fingerprint density at radius 3 is 2.69 bits per heavy atom. The lowest BCUT2D eigenvalue weighted by Gasteiger charge is -2.14. The number of nitrogens with zero attached hydrogens (tertiary/aromatic N) is 1. The highest BCUT2D eigenvalue weighted by Gasteiger charge is 2.28. The summed E-state index contributed by atoms with van der Waals surface area (Å²) in [4.78, 5) is 25.6. The molecule has 2 amide bonds. The van der Waals surface area contributed by atoms with Crippen LogP contribution >= 0.6 is 11.3 Å². The van der Waals surface area contributed by atoms with E-state index in [1.807, 2.05) is 11.4 Å². The molecule has 0 radical (unpaired) electrons. The predicted molar refractivity (Wildman–Crippen MR) is 63.0 cm³/mol. The summed E-state index contributed by atoms with van der Waals surface area (Å²) in [6.07, 6.45) is 2.34. The van der Waals surface area contributed by atoms with Crippen molar-refractivity contribution < 1.29 is 9.59 Å². The lowest BCUT2D eigenvalue weighted by Crippen LogP contribution is -2.30. The number of hydrogen-bond donors (Lipinski definition) is 0. The topological polar surface area (TPSA) is 37.4 Å². The van der Waals surface area contributed by atoms with Crippen molar-refractivity contribution in [1.82, 2.24) is 4.90 Å². The van der Waals surface area contributed by atoms with Gasteiger partial charge in [0.25, 0.3) is 11.8 Å². The first kappa shape index (κ1) is 11.1. The van der Waals surface area contributed by atoms with Crippen LogP contribution in [0, 0.1) is 0 Å². The van der Waals surface area contributed by atoms with Crippen molar-refractivity contribution in [3.63, 3.8) is 0 Å². The highest BCUT2D eigenvalue weighted by atomic mass is 32.1. The van der Waals surface area contributed by atoms with Crippen molar-refractivity contribution in [3.05, 3.63) is 33.5 Å². The van der Waals surface area contributed by atoms with Crippen molar-refractivity contribution in [1.29, 1.82) is 0 Å². The molecule has 1 aromatic rings. The number of amides is 2. The summed E-state index contributed by atoms with van der Waals surface area (Å²) < 4.78 is 0. The molecular weight excluding hydrogens is 222 g/mol. The third-order valence-corrected chi connectivity index (χ3v) is 3.66. The molecular formula is C12H13NO2S. The van der Waals surface area contributed by atoms with Crippen LogP contribution in [-0.4, -0.2) is 16.7 Å². The second-order valence-corrected chi connectivity index (χ2v) is 4.78. The Morgan fingerprint density at radius 1 is 1.38 bits per heavy atom. The molecule has 1 aliphatic rings. The molecule has 16 heavy (non-hydrogen) atoms. The lowest BCUT2D eigenvalue weighted by atomic mass is 10.2. The van der Waals surface area contributed by atoms with Gasteiger partial charge in [0.2, 0.25) is 0 Å². The van der Waals surface area contributed by atoms with E-state index in [1.165, 1.54) is 16.5 Å². The Hall–Kier alpha value is -1.42. The van der Waals surface area contributed by atoms with E-state index >= 15 is 0 Å². The second-order valence-electron chi connectivity index (χ2n) is 3.78. The van der Waals surface area contributed by atoms with Gasteiger partial charge in [-0.05, 0) is 30.4 Å². The summed E-state index contributed by atoms with van der Waals surface area (Å²) in [5, 5.41) is 2.00. The molecule has 0 aliphatic carbocycles. The SMILES string of the molecule is CCc1ccsc1CN1C(=O)C=C(C)C1=O. The van der Waals surface area contributed by atoms with E-state index in [4.69, 9.17) is 0 Å². The number of imide groups is 1. The van der Waals surface area contributed by atoms with Crippen molar-refractivity contribution in [2.75, 3.05) is 0 Å². The average molecular weight is 235 g/mol. The van der Waals surface area contributed by atoms with Crippen LogP contribution in [-0.2, 0) is 22.6 Å². The van der Waals surface area contributed by atoms with Crippen LogP contribution in [0.4, 0.5) is 0 Å². The van der Waals surface area contributed by atoms with Crippen molar-refractivity contribution in [2.24, 2.45) is 0 Å². The van der Waals surface area contributed by atoms with Gasteiger partial charge in [-0.2, -0.15) is 0 Å². The molecule has 1 aromatic heterocycles. The van der Waals surface area contributed by atoms with Crippen molar-refractivity contribution in [2.45, 2.75) is 26.8 Å². The average Bonchev–Trinajstić information content (AvgIpc) is 2.79. The normalized spacial score (nSPS) is 15.9. The Morgan fingerprint density at radius 2 is 2.12 bits per heavy atom. The standard InChI is InChI=1S/C12H13NO2S/c1-3-9-4-5-16-10(9)7-13-11(14)6-8(2)12(13)15/h4-6H,3,7H2,1-2H3. The maximum absolute atomic E-state index is 11.7. The Bertz CT molecular complexity index is 473. The second kappa shape index (κ2) is 4.22. The molecule has 0 bridgehead atoms. The zero-order valence-corrected chi connectivity index (χ0v) is 10.1. The maximum Gasteiger partial charge on any atom is 0.256 e. The summed E-state index contributed by atoms with van der Waals surface area (Å²) in [6, 6.07) is 2.05. The fourth-order valence-corrected chi connectivity index (χ4v) is 2.72. The lowest BCUT2D eigenvalue weighted by molar-refractivity contribution is -0.137. The van der Waals surface area contributed by atoms with Gasteiger partial charge in [0.1, 0.15) is 0 Å². The highest BCUT2D eigenvalue weighted by Crippen LogP contribution is 2.22. The molecule has 2 heterocycles. The van der Waals surface area contributed by atoms with E-state index in [2.05, 4.69) is 6.92 Å². The zero-order valence-electron chi connectivity index (χ0n) is 9.32. The van der Waals surface area contributed by atoms with Gasteiger partial charge in [0.05, 0.1) is 6.54 Å². The Labute approximate surface area is 98.4 Å². The van der Waals surface area contributed by atoms with E-state index in [0.717, 1.165) is 11.3 Å². The summed E-state index contributed by atoms with van der Waals surface area (Å²) in [7, 11) is 0. The minimum atomic E-state index is -0.196. The molecule has 84 valence electrons. The Kier molecular flexibility index (Phi) is 2.92. The molecule has 0 unspecified atom stereocenters. The third-order valence-electron chi connectivity index (χ3n) is 2.71. The minimum Gasteiger partial charge on any atom is -0.270 e. The highest BCUT2D eigenvalue weighted by molar-refractivity contribution is 7.10. The third kappa shape index (κ3) is 1.80. The van der Waals surface area contributed by atoms with E-state index < -0.39 is 0 Å². The van der Waals surface area contributed by atoms with Crippen LogP contribution in [0.15, 0.2) is 23.1 Å². The fourth-order valence-electron chi connectivity index (χ4n) is 1.75. The van der Waals surface area contributed by atoms with Gasteiger partial charge in [0, 0.05) is 16.5 Å². The summed E-state index contributed by atoms with van der Waals surface area (Å²) in [6.45, 7) is 4.16.